The maximum atomic E-state index is 12.1. The van der Waals surface area contributed by atoms with E-state index in [4.69, 9.17) is 11.6 Å². The topological polar surface area (TPSA) is 44.4 Å². The second kappa shape index (κ2) is 7.63. The van der Waals surface area contributed by atoms with E-state index in [1.165, 1.54) is 4.88 Å². The third-order valence-electron chi connectivity index (χ3n) is 3.40. The fourth-order valence-corrected chi connectivity index (χ4v) is 3.20. The van der Waals surface area contributed by atoms with Crippen LogP contribution in [0.1, 0.15) is 16.5 Å². The number of nitrogens with one attached hydrogen (secondary N) is 2. The highest BCUT2D eigenvalue weighted by molar-refractivity contribution is 7.10. The summed E-state index contributed by atoms with van der Waals surface area (Å²) < 4.78 is 0. The standard InChI is InChI=1S/C16H20ClN3OS/c1-11-6-7-12(17)9-13(11)19-16(21)18-10-14(20(2)3)15-5-4-8-22-15/h4-9,14H,10H2,1-3H3,(H2,18,19,21)/t14-/m0/s1. The van der Waals surface area contributed by atoms with Crippen LogP contribution in [0.25, 0.3) is 0 Å². The summed E-state index contributed by atoms with van der Waals surface area (Å²) in [5.74, 6) is 0. The number of carbonyl (C=O) groups excluding carboxylic acids is 1. The Morgan fingerprint density at radius 3 is 2.77 bits per heavy atom. The monoisotopic (exact) mass is 337 g/mol. The van der Waals surface area contributed by atoms with Crippen molar-refractivity contribution in [3.05, 3.63) is 51.2 Å². The van der Waals surface area contributed by atoms with E-state index < -0.39 is 0 Å². The molecule has 0 radical (unpaired) electrons. The summed E-state index contributed by atoms with van der Waals surface area (Å²) in [6, 6.07) is 9.46. The summed E-state index contributed by atoms with van der Waals surface area (Å²) in [4.78, 5) is 15.4. The SMILES string of the molecule is Cc1ccc(Cl)cc1NC(=O)NC[C@@H](c1cccs1)N(C)C. The van der Waals surface area contributed by atoms with Gasteiger partial charge in [-0.3, -0.25) is 0 Å². The molecule has 118 valence electrons. The predicted molar refractivity (Wildman–Crippen MR) is 94.0 cm³/mol. The number of benzene rings is 1. The van der Waals surface area contributed by atoms with Crippen molar-refractivity contribution in [2.24, 2.45) is 0 Å². The highest BCUT2D eigenvalue weighted by Crippen LogP contribution is 2.23. The minimum atomic E-state index is -0.228. The summed E-state index contributed by atoms with van der Waals surface area (Å²) in [5.41, 5.74) is 1.70. The van der Waals surface area contributed by atoms with Crippen LogP contribution in [0.5, 0.6) is 0 Å². The lowest BCUT2D eigenvalue weighted by molar-refractivity contribution is 0.244. The van der Waals surface area contributed by atoms with Crippen molar-refractivity contribution in [2.45, 2.75) is 13.0 Å². The lowest BCUT2D eigenvalue weighted by atomic mass is 10.2. The van der Waals surface area contributed by atoms with Crippen molar-refractivity contribution in [1.29, 1.82) is 0 Å². The number of urea groups is 1. The molecule has 6 heteroatoms. The van der Waals surface area contributed by atoms with Gasteiger partial charge in [0.15, 0.2) is 0 Å². The highest BCUT2D eigenvalue weighted by Gasteiger charge is 2.16. The van der Waals surface area contributed by atoms with Gasteiger partial charge in [0.2, 0.25) is 0 Å². The first-order chi connectivity index (χ1) is 10.5. The summed E-state index contributed by atoms with van der Waals surface area (Å²) in [5, 5.41) is 8.41. The Kier molecular flexibility index (Phi) is 5.83. The maximum absolute atomic E-state index is 12.1. The zero-order chi connectivity index (χ0) is 16.1. The number of likely N-dealkylation sites (N-methyl/N-ethyl adjacent to an activating group) is 1. The number of hydrogen-bond acceptors (Lipinski definition) is 3. The zero-order valence-corrected chi connectivity index (χ0v) is 14.5. The molecule has 0 saturated heterocycles. The van der Waals surface area contributed by atoms with E-state index in [-0.39, 0.29) is 12.1 Å². The molecule has 1 heterocycles. The maximum Gasteiger partial charge on any atom is 0.319 e. The van der Waals surface area contributed by atoms with Gasteiger partial charge in [0.25, 0.3) is 0 Å². The second-order valence-electron chi connectivity index (χ2n) is 5.29. The smallest absolute Gasteiger partial charge is 0.319 e. The molecule has 1 atom stereocenters. The molecule has 2 amide bonds. The predicted octanol–water partition coefficient (Wildman–Crippen LogP) is 4.13. The molecule has 22 heavy (non-hydrogen) atoms. The molecule has 2 rings (SSSR count). The van der Waals surface area contributed by atoms with Crippen molar-refractivity contribution in [1.82, 2.24) is 10.2 Å². The van der Waals surface area contributed by atoms with Crippen LogP contribution in [0.4, 0.5) is 10.5 Å². The average molecular weight is 338 g/mol. The van der Waals surface area contributed by atoms with Gasteiger partial charge < -0.3 is 15.5 Å². The Morgan fingerprint density at radius 1 is 1.36 bits per heavy atom. The van der Waals surface area contributed by atoms with Gasteiger partial charge in [0.1, 0.15) is 0 Å². The first kappa shape index (κ1) is 16.8. The Morgan fingerprint density at radius 2 is 2.14 bits per heavy atom. The molecule has 1 aromatic heterocycles. The van der Waals surface area contributed by atoms with Crippen molar-refractivity contribution in [2.75, 3.05) is 26.0 Å². The molecule has 0 aliphatic rings. The van der Waals surface area contributed by atoms with Crippen LogP contribution in [0, 0.1) is 6.92 Å². The number of thiophene rings is 1. The minimum Gasteiger partial charge on any atom is -0.336 e. The van der Waals surface area contributed by atoms with E-state index in [0.717, 1.165) is 11.3 Å². The molecular formula is C16H20ClN3OS. The number of carbonyl (C=O) groups is 1. The number of rotatable bonds is 5. The second-order valence-corrected chi connectivity index (χ2v) is 6.70. The van der Waals surface area contributed by atoms with E-state index in [0.29, 0.717) is 11.6 Å². The number of halogens is 1. The third kappa shape index (κ3) is 4.47. The van der Waals surface area contributed by atoms with Crippen molar-refractivity contribution in [3.8, 4) is 0 Å². The number of nitrogens with zero attached hydrogens (tertiary/aromatic N) is 1. The van der Waals surface area contributed by atoms with Crippen molar-refractivity contribution in [3.63, 3.8) is 0 Å². The summed E-state index contributed by atoms with van der Waals surface area (Å²) in [6.45, 7) is 2.47. The fourth-order valence-electron chi connectivity index (χ4n) is 2.10. The van der Waals surface area contributed by atoms with E-state index >= 15 is 0 Å². The minimum absolute atomic E-state index is 0.159. The van der Waals surface area contributed by atoms with Crippen LogP contribution in [-0.4, -0.2) is 31.6 Å². The van der Waals surface area contributed by atoms with E-state index in [2.05, 4.69) is 21.6 Å². The van der Waals surface area contributed by atoms with Gasteiger partial charge in [0.05, 0.1) is 6.04 Å². The molecule has 2 N–H and O–H groups in total. The van der Waals surface area contributed by atoms with Gasteiger partial charge in [-0.05, 0) is 50.2 Å². The molecule has 0 bridgehead atoms. The average Bonchev–Trinajstić information content (AvgIpc) is 2.96. The van der Waals surface area contributed by atoms with Crippen LogP contribution >= 0.6 is 22.9 Å². The van der Waals surface area contributed by atoms with Crippen LogP contribution in [0.15, 0.2) is 35.7 Å². The molecule has 2 aromatic rings. The van der Waals surface area contributed by atoms with E-state index in [1.54, 1.807) is 23.5 Å². The first-order valence-corrected chi connectivity index (χ1v) is 8.24. The van der Waals surface area contributed by atoms with Crippen LogP contribution in [0.3, 0.4) is 0 Å². The van der Waals surface area contributed by atoms with Gasteiger partial charge in [-0.15, -0.1) is 11.3 Å². The van der Waals surface area contributed by atoms with Gasteiger partial charge in [0, 0.05) is 22.1 Å². The Bertz CT molecular complexity index is 628. The molecule has 0 spiro atoms. The van der Waals surface area contributed by atoms with Crippen LogP contribution in [-0.2, 0) is 0 Å². The summed E-state index contributed by atoms with van der Waals surface area (Å²) in [7, 11) is 4.01. The molecule has 0 saturated carbocycles. The molecule has 0 fully saturated rings. The van der Waals surface area contributed by atoms with E-state index in [9.17, 15) is 4.79 Å². The van der Waals surface area contributed by atoms with E-state index in [1.807, 2.05) is 38.5 Å². The largest absolute Gasteiger partial charge is 0.336 e. The van der Waals surface area contributed by atoms with Crippen molar-refractivity contribution < 1.29 is 4.79 Å². The number of hydrogen-bond donors (Lipinski definition) is 2. The molecular weight excluding hydrogens is 318 g/mol. The van der Waals surface area contributed by atoms with Gasteiger partial charge in [-0.1, -0.05) is 23.7 Å². The normalized spacial score (nSPS) is 12.2. The molecule has 0 aliphatic heterocycles. The summed E-state index contributed by atoms with van der Waals surface area (Å²) in [6.07, 6.45) is 0. The number of anilines is 1. The molecule has 4 nitrogen and oxygen atoms in total. The van der Waals surface area contributed by atoms with Crippen LogP contribution in [0.2, 0.25) is 5.02 Å². The number of aryl methyl sites for hydroxylation is 1. The first-order valence-electron chi connectivity index (χ1n) is 6.98. The van der Waals surface area contributed by atoms with Gasteiger partial charge in [-0.2, -0.15) is 0 Å². The molecule has 1 aromatic carbocycles. The Hall–Kier alpha value is -1.56. The Balaban J connectivity index is 1.95. The Labute approximate surface area is 140 Å². The number of amides is 2. The third-order valence-corrected chi connectivity index (χ3v) is 4.61. The van der Waals surface area contributed by atoms with Crippen LogP contribution < -0.4 is 10.6 Å². The summed E-state index contributed by atoms with van der Waals surface area (Å²) >= 11 is 7.65. The van der Waals surface area contributed by atoms with Crippen molar-refractivity contribution >= 4 is 34.7 Å². The molecule has 0 aliphatic carbocycles. The zero-order valence-electron chi connectivity index (χ0n) is 12.9. The van der Waals surface area contributed by atoms with Gasteiger partial charge in [-0.25, -0.2) is 4.79 Å². The lowest BCUT2D eigenvalue weighted by Crippen LogP contribution is -2.36. The fraction of sp³-hybridized carbons (Fsp3) is 0.312. The van der Waals surface area contributed by atoms with Gasteiger partial charge >= 0.3 is 6.03 Å². The highest BCUT2D eigenvalue weighted by atomic mass is 35.5. The lowest BCUT2D eigenvalue weighted by Gasteiger charge is -2.23. The quantitative estimate of drug-likeness (QED) is 0.861. The molecule has 0 unspecified atom stereocenters.